The van der Waals surface area contributed by atoms with Crippen molar-refractivity contribution in [1.29, 1.82) is 0 Å². The summed E-state index contributed by atoms with van der Waals surface area (Å²) < 4.78 is 0. The monoisotopic (exact) mass is 228 g/mol. The molecule has 0 atom stereocenters. The van der Waals surface area contributed by atoms with Crippen LogP contribution < -0.4 is 4.90 Å². The van der Waals surface area contributed by atoms with Crippen LogP contribution in [0.25, 0.3) is 10.9 Å². The summed E-state index contributed by atoms with van der Waals surface area (Å²) in [6.07, 6.45) is 1.62. The van der Waals surface area contributed by atoms with Gasteiger partial charge in [0, 0.05) is 36.6 Å². The summed E-state index contributed by atoms with van der Waals surface area (Å²) in [6, 6.07) is 6.23. The summed E-state index contributed by atoms with van der Waals surface area (Å²) in [6.45, 7) is 2.96. The molecular weight excluding hydrogens is 212 g/mol. The minimum atomic E-state index is 0.182. The first-order valence-electron chi connectivity index (χ1n) is 6.09. The van der Waals surface area contributed by atoms with Gasteiger partial charge in [-0.05, 0) is 30.2 Å². The average Bonchev–Trinajstić information content (AvgIpc) is 2.91. The zero-order valence-electron chi connectivity index (χ0n) is 10.2. The number of benzene rings is 1. The second-order valence-corrected chi connectivity index (χ2v) is 4.66. The number of Topliss-reactive ketones (excluding diaryl/α,β-unsaturated/α-hetero) is 1. The van der Waals surface area contributed by atoms with Gasteiger partial charge in [-0.25, -0.2) is 0 Å². The number of ketones is 1. The first-order valence-corrected chi connectivity index (χ1v) is 6.09. The normalized spacial score (nSPS) is 14.4. The van der Waals surface area contributed by atoms with Crippen LogP contribution in [0.2, 0.25) is 0 Å². The smallest absolute Gasteiger partial charge is 0.178 e. The van der Waals surface area contributed by atoms with Gasteiger partial charge in [0.2, 0.25) is 0 Å². The largest absolute Gasteiger partial charge is 0.374 e. The maximum atomic E-state index is 11.7. The Morgan fingerprint density at radius 3 is 3.06 bits per heavy atom. The standard InChI is InChI=1S/C14H16N2O/c1-3-14(17)12-8-10-9-6-7-16(2)13(9)5-4-11(10)15-12/h4-5,8,15H,3,6-7H2,1-2H3. The predicted octanol–water partition coefficient (Wildman–Crippen LogP) is 2.75. The first-order chi connectivity index (χ1) is 8.20. The first kappa shape index (κ1) is 10.4. The Labute approximate surface area is 100 Å². The minimum Gasteiger partial charge on any atom is -0.374 e. The molecule has 1 aromatic heterocycles. The van der Waals surface area contributed by atoms with Crippen molar-refractivity contribution in [2.45, 2.75) is 19.8 Å². The number of nitrogens with zero attached hydrogens (tertiary/aromatic N) is 1. The van der Waals surface area contributed by atoms with Crippen LogP contribution in [0.3, 0.4) is 0 Å². The fraction of sp³-hybridized carbons (Fsp3) is 0.357. The van der Waals surface area contributed by atoms with Gasteiger partial charge in [-0.1, -0.05) is 6.92 Å². The van der Waals surface area contributed by atoms with E-state index in [0.29, 0.717) is 6.42 Å². The van der Waals surface area contributed by atoms with Gasteiger partial charge in [-0.15, -0.1) is 0 Å². The number of hydrogen-bond acceptors (Lipinski definition) is 2. The summed E-state index contributed by atoms with van der Waals surface area (Å²) >= 11 is 0. The van der Waals surface area contributed by atoms with Crippen molar-refractivity contribution in [1.82, 2.24) is 4.98 Å². The molecule has 2 heterocycles. The molecule has 1 N–H and O–H groups in total. The van der Waals surface area contributed by atoms with E-state index in [1.165, 1.54) is 16.6 Å². The van der Waals surface area contributed by atoms with Crippen molar-refractivity contribution in [2.75, 3.05) is 18.5 Å². The third-order valence-electron chi connectivity index (χ3n) is 3.62. The Kier molecular flexibility index (Phi) is 2.21. The molecule has 3 nitrogen and oxygen atoms in total. The molecule has 1 aliphatic heterocycles. The van der Waals surface area contributed by atoms with Crippen molar-refractivity contribution in [3.63, 3.8) is 0 Å². The highest BCUT2D eigenvalue weighted by atomic mass is 16.1. The van der Waals surface area contributed by atoms with Gasteiger partial charge in [-0.2, -0.15) is 0 Å². The predicted molar refractivity (Wildman–Crippen MR) is 69.9 cm³/mol. The number of H-pyrrole nitrogens is 1. The molecule has 88 valence electrons. The van der Waals surface area contributed by atoms with Gasteiger partial charge in [0.15, 0.2) is 5.78 Å². The molecule has 0 radical (unpaired) electrons. The number of aromatic nitrogens is 1. The molecule has 0 amide bonds. The second-order valence-electron chi connectivity index (χ2n) is 4.66. The van der Waals surface area contributed by atoms with Gasteiger partial charge in [0.05, 0.1) is 5.69 Å². The lowest BCUT2D eigenvalue weighted by Gasteiger charge is -2.11. The molecule has 1 aromatic carbocycles. The summed E-state index contributed by atoms with van der Waals surface area (Å²) in [5, 5.41) is 1.21. The molecule has 2 aromatic rings. The Hall–Kier alpha value is -1.77. The van der Waals surface area contributed by atoms with E-state index < -0.39 is 0 Å². The highest BCUT2D eigenvalue weighted by Gasteiger charge is 2.19. The van der Waals surface area contributed by atoms with E-state index in [4.69, 9.17) is 0 Å². The molecule has 0 fully saturated rings. The number of hydrogen-bond donors (Lipinski definition) is 1. The van der Waals surface area contributed by atoms with Crippen LogP contribution in [0, 0.1) is 0 Å². The summed E-state index contributed by atoms with van der Waals surface area (Å²) in [5.74, 6) is 0.182. The van der Waals surface area contributed by atoms with Crippen molar-refractivity contribution < 1.29 is 4.79 Å². The van der Waals surface area contributed by atoms with E-state index >= 15 is 0 Å². The number of rotatable bonds is 2. The average molecular weight is 228 g/mol. The molecule has 3 heteroatoms. The fourth-order valence-corrected chi connectivity index (χ4v) is 2.61. The van der Waals surface area contributed by atoms with E-state index in [-0.39, 0.29) is 5.78 Å². The highest BCUT2D eigenvalue weighted by molar-refractivity contribution is 6.01. The van der Waals surface area contributed by atoms with E-state index in [0.717, 1.165) is 24.2 Å². The van der Waals surface area contributed by atoms with Crippen LogP contribution in [0.4, 0.5) is 5.69 Å². The van der Waals surface area contributed by atoms with E-state index in [9.17, 15) is 4.79 Å². The Morgan fingerprint density at radius 2 is 2.29 bits per heavy atom. The van der Waals surface area contributed by atoms with Crippen molar-refractivity contribution in [2.24, 2.45) is 0 Å². The van der Waals surface area contributed by atoms with Crippen LogP contribution in [-0.2, 0) is 6.42 Å². The van der Waals surface area contributed by atoms with Crippen molar-refractivity contribution >= 4 is 22.4 Å². The van der Waals surface area contributed by atoms with Gasteiger partial charge >= 0.3 is 0 Å². The third-order valence-corrected chi connectivity index (χ3v) is 3.62. The molecule has 0 spiro atoms. The quantitative estimate of drug-likeness (QED) is 0.802. The fourth-order valence-electron chi connectivity index (χ4n) is 2.61. The summed E-state index contributed by atoms with van der Waals surface area (Å²) in [7, 11) is 2.11. The topological polar surface area (TPSA) is 36.1 Å². The van der Waals surface area contributed by atoms with Crippen LogP contribution in [0.15, 0.2) is 18.2 Å². The Bertz CT molecular complexity index is 598. The van der Waals surface area contributed by atoms with E-state index in [1.54, 1.807) is 0 Å². The number of carbonyl (C=O) groups excluding carboxylic acids is 1. The van der Waals surface area contributed by atoms with Crippen LogP contribution >= 0.6 is 0 Å². The molecule has 3 rings (SSSR count). The molecule has 0 unspecified atom stereocenters. The summed E-state index contributed by atoms with van der Waals surface area (Å²) in [5.41, 5.74) is 4.49. The zero-order chi connectivity index (χ0) is 12.0. The number of carbonyl (C=O) groups is 1. The highest BCUT2D eigenvalue weighted by Crippen LogP contribution is 2.33. The van der Waals surface area contributed by atoms with Gasteiger partial charge in [0.25, 0.3) is 0 Å². The van der Waals surface area contributed by atoms with Crippen LogP contribution in [0.1, 0.15) is 29.4 Å². The van der Waals surface area contributed by atoms with Gasteiger partial charge < -0.3 is 9.88 Å². The number of fused-ring (bicyclic) bond motifs is 3. The molecule has 1 aliphatic rings. The molecular formula is C14H16N2O. The van der Waals surface area contributed by atoms with Crippen LogP contribution in [-0.4, -0.2) is 24.4 Å². The molecule has 0 bridgehead atoms. The van der Waals surface area contributed by atoms with Crippen molar-refractivity contribution in [3.05, 3.63) is 29.5 Å². The molecule has 0 aliphatic carbocycles. The SMILES string of the molecule is CCC(=O)c1cc2c3c(ccc2[nH]1)N(C)CC3. The van der Waals surface area contributed by atoms with E-state index in [1.807, 2.05) is 13.0 Å². The van der Waals surface area contributed by atoms with Crippen LogP contribution in [0.5, 0.6) is 0 Å². The third kappa shape index (κ3) is 1.46. The number of likely N-dealkylation sites (N-methyl/N-ethyl adjacent to an activating group) is 1. The number of aromatic amines is 1. The summed E-state index contributed by atoms with van der Waals surface area (Å²) in [4.78, 5) is 17.2. The Balaban J connectivity index is 2.20. The maximum Gasteiger partial charge on any atom is 0.178 e. The molecule has 17 heavy (non-hydrogen) atoms. The minimum absolute atomic E-state index is 0.182. The van der Waals surface area contributed by atoms with Crippen molar-refractivity contribution in [3.8, 4) is 0 Å². The maximum absolute atomic E-state index is 11.7. The molecule has 0 saturated heterocycles. The lowest BCUT2D eigenvalue weighted by atomic mass is 10.1. The Morgan fingerprint density at radius 1 is 1.47 bits per heavy atom. The lowest BCUT2D eigenvalue weighted by molar-refractivity contribution is 0.0984. The zero-order valence-corrected chi connectivity index (χ0v) is 10.2. The van der Waals surface area contributed by atoms with E-state index in [2.05, 4.69) is 29.1 Å². The number of nitrogens with one attached hydrogen (secondary N) is 1. The second kappa shape index (κ2) is 3.62. The number of anilines is 1. The van der Waals surface area contributed by atoms with Gasteiger partial charge in [-0.3, -0.25) is 4.79 Å². The lowest BCUT2D eigenvalue weighted by Crippen LogP contribution is -2.12. The van der Waals surface area contributed by atoms with Gasteiger partial charge in [0.1, 0.15) is 0 Å². The molecule has 0 saturated carbocycles.